The molecule has 14 heteroatoms. The van der Waals surface area contributed by atoms with Gasteiger partial charge in [-0.25, -0.2) is 9.97 Å². The molecule has 1 aliphatic rings. The van der Waals surface area contributed by atoms with Crippen molar-refractivity contribution in [3.8, 4) is 17.2 Å². The van der Waals surface area contributed by atoms with Crippen LogP contribution in [0, 0.1) is 0 Å². The van der Waals surface area contributed by atoms with Gasteiger partial charge in [-0.2, -0.15) is 13.2 Å². The van der Waals surface area contributed by atoms with Gasteiger partial charge in [-0.1, -0.05) is 6.58 Å². The number of pyridine rings is 1. The van der Waals surface area contributed by atoms with Gasteiger partial charge in [0.15, 0.2) is 11.5 Å². The number of carbonyl (C=O) groups excluding carboxylic acids is 2. The molecule has 214 valence electrons. The van der Waals surface area contributed by atoms with Crippen LogP contribution in [0.5, 0.6) is 5.75 Å². The second kappa shape index (κ2) is 10.4. The van der Waals surface area contributed by atoms with Gasteiger partial charge in [0, 0.05) is 30.6 Å². The fraction of sp³-hybridized carbons (Fsp3) is 0.385. The number of carbonyl (C=O) groups is 2. The van der Waals surface area contributed by atoms with Crippen molar-refractivity contribution in [2.24, 2.45) is 5.73 Å². The molecule has 3 aromatic rings. The number of ether oxygens (including phenoxy) is 1. The fourth-order valence-electron chi connectivity index (χ4n) is 4.49. The van der Waals surface area contributed by atoms with Gasteiger partial charge in [0.25, 0.3) is 11.8 Å². The van der Waals surface area contributed by atoms with Crippen LogP contribution in [0.4, 0.5) is 13.2 Å². The van der Waals surface area contributed by atoms with Crippen molar-refractivity contribution < 1.29 is 42.1 Å². The molecule has 0 saturated carbocycles. The number of halogens is 3. The topological polar surface area (TPSA) is 155 Å². The third kappa shape index (κ3) is 5.31. The summed E-state index contributed by atoms with van der Waals surface area (Å²) < 4.78 is 50.9. The summed E-state index contributed by atoms with van der Waals surface area (Å²) in [6, 6.07) is 3.93. The number of rotatable bonds is 6. The predicted molar refractivity (Wildman–Crippen MR) is 136 cm³/mol. The molecule has 1 unspecified atom stereocenters. The average molecular weight is 564 g/mol. The van der Waals surface area contributed by atoms with Crippen LogP contribution in [-0.4, -0.2) is 80.2 Å². The number of methoxy groups -OCH3 is 1. The largest absolute Gasteiger partial charge is 0.511 e. The number of hydrogen-bond acceptors (Lipinski definition) is 9. The Morgan fingerprint density at radius 3 is 2.48 bits per heavy atom. The number of oxazole rings is 1. The molecule has 1 saturated heterocycles. The lowest BCUT2D eigenvalue weighted by Gasteiger charge is -2.42. The summed E-state index contributed by atoms with van der Waals surface area (Å²) in [7, 11) is 1.30. The first kappa shape index (κ1) is 28.8. The van der Waals surface area contributed by atoms with Crippen LogP contribution in [-0.2, 0) is 17.5 Å². The van der Waals surface area contributed by atoms with E-state index in [4.69, 9.17) is 14.9 Å². The number of benzene rings is 1. The van der Waals surface area contributed by atoms with Crippen molar-refractivity contribution in [2.45, 2.75) is 38.2 Å². The van der Waals surface area contributed by atoms with E-state index in [-0.39, 0.29) is 71.5 Å². The third-order valence-corrected chi connectivity index (χ3v) is 6.48. The van der Waals surface area contributed by atoms with E-state index >= 15 is 0 Å². The Kier molecular flexibility index (Phi) is 7.51. The highest BCUT2D eigenvalue weighted by molar-refractivity contribution is 5.98. The highest BCUT2D eigenvalue weighted by Gasteiger charge is 2.40. The first-order valence-corrected chi connectivity index (χ1v) is 12.1. The summed E-state index contributed by atoms with van der Waals surface area (Å²) in [6.07, 6.45) is -4.68. The lowest BCUT2D eigenvalue weighted by Crippen LogP contribution is -2.60. The maximum atomic E-state index is 13.6. The lowest BCUT2D eigenvalue weighted by molar-refractivity contribution is -0.150. The van der Waals surface area contributed by atoms with Gasteiger partial charge in [0.1, 0.15) is 34.4 Å². The molecule has 4 N–H and O–H groups in total. The smallest absolute Gasteiger partial charge is 0.433 e. The Labute approximate surface area is 226 Å². The van der Waals surface area contributed by atoms with Gasteiger partial charge < -0.3 is 34.9 Å². The van der Waals surface area contributed by atoms with Crippen LogP contribution in [0.15, 0.2) is 41.0 Å². The quantitative estimate of drug-likeness (QED) is 0.384. The monoisotopic (exact) mass is 563 g/mol. The molecule has 40 heavy (non-hydrogen) atoms. The Hall–Kier alpha value is -4.17. The Balaban J connectivity index is 1.73. The number of nitrogens with zero attached hydrogens (tertiary/aromatic N) is 4. The van der Waals surface area contributed by atoms with Gasteiger partial charge in [-0.05, 0) is 38.1 Å². The van der Waals surface area contributed by atoms with Gasteiger partial charge in [0.05, 0.1) is 13.7 Å². The standard InChI is InChI=1S/C26H28F3N5O6/c1-13(35)16-12-33(24(37)25(2,3)38)9-10-34(16)23(36)21-18(11-30)40-22(32-21)15-5-7-17(39-4)20-14(15)6-8-19(31-20)26(27,28)29/h5-8,16,35,38H,1,9-12,30H2,2-4H3. The number of amides is 2. The molecule has 4 rings (SSSR count). The average Bonchev–Trinajstić information content (AvgIpc) is 3.34. The molecule has 2 amide bonds. The Morgan fingerprint density at radius 1 is 1.20 bits per heavy atom. The number of aliphatic hydroxyl groups excluding tert-OH is 1. The first-order valence-electron chi connectivity index (χ1n) is 12.1. The maximum Gasteiger partial charge on any atom is 0.433 e. The number of alkyl halides is 3. The summed E-state index contributed by atoms with van der Waals surface area (Å²) in [6.45, 7) is 5.88. The summed E-state index contributed by atoms with van der Waals surface area (Å²) in [5.74, 6) is -1.62. The van der Waals surface area contributed by atoms with E-state index in [0.717, 1.165) is 6.07 Å². The molecule has 2 aromatic heterocycles. The zero-order valence-electron chi connectivity index (χ0n) is 21.9. The van der Waals surface area contributed by atoms with Gasteiger partial charge in [0.2, 0.25) is 5.89 Å². The van der Waals surface area contributed by atoms with E-state index < -0.39 is 35.3 Å². The maximum absolute atomic E-state index is 13.6. The number of aromatic nitrogens is 2. The Morgan fingerprint density at radius 2 is 1.90 bits per heavy atom. The van der Waals surface area contributed by atoms with Crippen molar-refractivity contribution >= 4 is 22.7 Å². The van der Waals surface area contributed by atoms with Crippen molar-refractivity contribution in [2.75, 3.05) is 26.7 Å². The van der Waals surface area contributed by atoms with E-state index in [9.17, 15) is 33.0 Å². The van der Waals surface area contributed by atoms with E-state index in [1.807, 2.05) is 0 Å². The van der Waals surface area contributed by atoms with E-state index in [1.165, 1.54) is 49.0 Å². The Bertz CT molecular complexity index is 1480. The van der Waals surface area contributed by atoms with Crippen LogP contribution < -0.4 is 10.5 Å². The molecule has 11 nitrogen and oxygen atoms in total. The van der Waals surface area contributed by atoms with Gasteiger partial charge in [-0.3, -0.25) is 9.59 Å². The zero-order chi connectivity index (χ0) is 29.6. The summed E-state index contributed by atoms with van der Waals surface area (Å²) in [5.41, 5.74) is 3.05. The van der Waals surface area contributed by atoms with Crippen molar-refractivity contribution in [3.63, 3.8) is 0 Å². The number of hydrogen-bond donors (Lipinski definition) is 3. The number of nitrogens with two attached hydrogens (primary N) is 1. The molecule has 1 aliphatic heterocycles. The normalized spacial score (nSPS) is 16.4. The predicted octanol–water partition coefficient (Wildman–Crippen LogP) is 2.87. The van der Waals surface area contributed by atoms with Crippen molar-refractivity contribution in [1.82, 2.24) is 19.8 Å². The van der Waals surface area contributed by atoms with Crippen molar-refractivity contribution in [1.29, 1.82) is 0 Å². The summed E-state index contributed by atoms with van der Waals surface area (Å²) >= 11 is 0. The summed E-state index contributed by atoms with van der Waals surface area (Å²) in [5, 5.41) is 20.6. The van der Waals surface area contributed by atoms with Crippen LogP contribution in [0.2, 0.25) is 0 Å². The minimum absolute atomic E-state index is 0.00105. The number of piperazine rings is 1. The molecule has 1 aromatic carbocycles. The molecule has 3 heterocycles. The molecule has 0 bridgehead atoms. The highest BCUT2D eigenvalue weighted by Crippen LogP contribution is 2.37. The third-order valence-electron chi connectivity index (χ3n) is 6.48. The molecule has 0 radical (unpaired) electrons. The van der Waals surface area contributed by atoms with Crippen LogP contribution >= 0.6 is 0 Å². The second-order valence-electron chi connectivity index (χ2n) is 9.72. The second-order valence-corrected chi connectivity index (χ2v) is 9.72. The van der Waals surface area contributed by atoms with Crippen LogP contribution in [0.25, 0.3) is 22.4 Å². The number of aliphatic hydroxyl groups is 2. The highest BCUT2D eigenvalue weighted by atomic mass is 19.4. The van der Waals surface area contributed by atoms with E-state index in [0.29, 0.717) is 0 Å². The van der Waals surface area contributed by atoms with Crippen LogP contribution in [0.3, 0.4) is 0 Å². The first-order chi connectivity index (χ1) is 18.7. The fourth-order valence-corrected chi connectivity index (χ4v) is 4.49. The molecular formula is C26H28F3N5O6. The molecule has 1 fully saturated rings. The SMILES string of the molecule is C=C(O)C1CN(C(=O)C(C)(C)O)CCN1C(=O)c1nc(-c2ccc(OC)c3nc(C(F)(F)F)ccc23)oc1CN. The number of fused-ring (bicyclic) bond motifs is 1. The van der Waals surface area contributed by atoms with Gasteiger partial charge in [-0.15, -0.1) is 0 Å². The summed E-state index contributed by atoms with van der Waals surface area (Å²) in [4.78, 5) is 36.8. The van der Waals surface area contributed by atoms with Crippen molar-refractivity contribution in [3.05, 3.63) is 53.8 Å². The minimum atomic E-state index is -4.68. The van der Waals surface area contributed by atoms with E-state index in [1.54, 1.807) is 0 Å². The molecule has 1 atom stereocenters. The van der Waals surface area contributed by atoms with Gasteiger partial charge >= 0.3 is 6.18 Å². The molecule has 0 spiro atoms. The van der Waals surface area contributed by atoms with Crippen LogP contribution in [0.1, 0.15) is 35.8 Å². The minimum Gasteiger partial charge on any atom is -0.511 e. The molecular weight excluding hydrogens is 535 g/mol. The lowest BCUT2D eigenvalue weighted by atomic mass is 10.0. The zero-order valence-corrected chi connectivity index (χ0v) is 21.9. The van der Waals surface area contributed by atoms with E-state index in [2.05, 4.69) is 16.5 Å². The molecule has 0 aliphatic carbocycles.